The minimum absolute atomic E-state index is 0. The van der Waals surface area contributed by atoms with E-state index in [1.807, 2.05) is 0 Å². The normalized spacial score (nSPS) is 2.60. The van der Waals surface area contributed by atoms with E-state index in [1.54, 1.807) is 0 Å². The third kappa shape index (κ3) is 43.6. The molecule has 0 atom stereocenters. The van der Waals surface area contributed by atoms with Gasteiger partial charge >= 0.3 is 26.1 Å². The van der Waals surface area contributed by atoms with Crippen molar-refractivity contribution in [2.45, 2.75) is 0 Å². The fourth-order valence-electron chi connectivity index (χ4n) is 0. The molecule has 2 nitrogen and oxygen atoms in total. The summed E-state index contributed by atoms with van der Waals surface area (Å²) in [6.07, 6.45) is 0. The maximum absolute atomic E-state index is 8.62. The molecule has 0 aliphatic rings. The van der Waals surface area contributed by atoms with Gasteiger partial charge < -0.3 is 0 Å². The molecule has 5 heavy (non-hydrogen) atoms. The molecule has 0 fully saturated rings. The van der Waals surface area contributed by atoms with Crippen LogP contribution in [0.15, 0.2) is 0 Å². The zero-order chi connectivity index (χ0) is 2.71. The molecule has 5 heteroatoms. The minimum atomic E-state index is -1.78. The number of hydrogen-bond acceptors (Lipinski definition) is 1. The molecule has 0 saturated heterocycles. The van der Waals surface area contributed by atoms with Gasteiger partial charge in [-0.15, -0.1) is 24.8 Å². The Hall–Kier alpha value is 1.03. The number of hydrogen-bond donors (Lipinski definition) is 1. The van der Waals surface area contributed by atoms with E-state index >= 15 is 0 Å². The molecule has 0 aromatic rings. The van der Waals surface area contributed by atoms with Crippen molar-refractivity contribution in [1.82, 2.24) is 0 Å². The van der Waals surface area contributed by atoms with Gasteiger partial charge in [-0.25, -0.2) is 0 Å². The second kappa shape index (κ2) is 19.8. The molecule has 0 aromatic carbocycles. The molecule has 0 aromatic heterocycles. The molecule has 35 valence electrons. The summed E-state index contributed by atoms with van der Waals surface area (Å²) in [5.74, 6) is 0. The second-order valence-electron chi connectivity index (χ2n) is 0.0745. The van der Waals surface area contributed by atoms with Crippen molar-refractivity contribution in [3.63, 3.8) is 0 Å². The quantitative estimate of drug-likeness (QED) is 0.568. The Bertz CT molecular complexity index is 15.1. The van der Waals surface area contributed by atoms with E-state index in [2.05, 4.69) is 0 Å². The molecule has 0 spiro atoms. The summed E-state index contributed by atoms with van der Waals surface area (Å²) < 4.78 is 15.8. The Balaban J connectivity index is -0.0000000200. The summed E-state index contributed by atoms with van der Waals surface area (Å²) in [7, 11) is 0. The van der Waals surface area contributed by atoms with Crippen molar-refractivity contribution in [3.05, 3.63) is 0 Å². The molecule has 0 radical (unpaired) electrons. The van der Waals surface area contributed by atoms with Gasteiger partial charge in [0.2, 0.25) is 0 Å². The predicted molar refractivity (Wildman–Crippen MR) is 17.4 cm³/mol. The van der Waals surface area contributed by atoms with E-state index in [4.69, 9.17) is 7.16 Å². The molecule has 0 bridgehead atoms. The van der Waals surface area contributed by atoms with Crippen molar-refractivity contribution in [1.29, 1.82) is 0 Å². The van der Waals surface area contributed by atoms with Gasteiger partial charge in [-0.05, 0) is 0 Å². The van der Waals surface area contributed by atoms with Gasteiger partial charge in [0.25, 0.3) is 0 Å². The van der Waals surface area contributed by atoms with Gasteiger partial charge in [-0.1, -0.05) is 0 Å². The first-order valence-corrected chi connectivity index (χ1v) is 2.07. The van der Waals surface area contributed by atoms with E-state index in [1.165, 1.54) is 0 Å². The van der Waals surface area contributed by atoms with Crippen LogP contribution in [0.25, 0.3) is 0 Å². The van der Waals surface area contributed by atoms with Crippen LogP contribution in [-0.4, -0.2) is 3.76 Å². The summed E-state index contributed by atoms with van der Waals surface area (Å²) in [6, 6.07) is 0. The molecule has 0 rings (SSSR count). The van der Waals surface area contributed by atoms with Crippen LogP contribution in [0, 0.1) is 0 Å². The van der Waals surface area contributed by atoms with Crippen LogP contribution in [0.1, 0.15) is 0 Å². The summed E-state index contributed by atoms with van der Waals surface area (Å²) in [5, 5.41) is 0. The Kier molecular flexibility index (Phi) is 65.9. The molecule has 0 saturated carbocycles. The van der Waals surface area contributed by atoms with Crippen molar-refractivity contribution in [3.8, 4) is 0 Å². The Morgan fingerprint density at radius 2 is 1.40 bits per heavy atom. The van der Waals surface area contributed by atoms with Gasteiger partial charge in [0.15, 0.2) is 0 Å². The number of halogens is 2. The summed E-state index contributed by atoms with van der Waals surface area (Å²) in [5.41, 5.74) is 0. The summed E-state index contributed by atoms with van der Waals surface area (Å²) >= 11 is -1.78. The average molecular weight is 202 g/mol. The van der Waals surface area contributed by atoms with E-state index < -0.39 is 18.9 Å². The summed E-state index contributed by atoms with van der Waals surface area (Å²) in [6.45, 7) is 0. The van der Waals surface area contributed by atoms with Crippen molar-refractivity contribution in [2.75, 3.05) is 0 Å². The van der Waals surface area contributed by atoms with Crippen LogP contribution in [0.4, 0.5) is 0 Å². The Morgan fingerprint density at radius 3 is 1.40 bits per heavy atom. The summed E-state index contributed by atoms with van der Waals surface area (Å²) in [4.78, 5) is 0. The Morgan fingerprint density at radius 1 is 1.40 bits per heavy atom. The molecule has 1 N–H and O–H groups in total. The first-order chi connectivity index (χ1) is 1.41. The molecule has 0 unspecified atom stereocenters. The van der Waals surface area contributed by atoms with Gasteiger partial charge in [-0.3, -0.25) is 0 Å². The van der Waals surface area contributed by atoms with E-state index in [9.17, 15) is 0 Å². The van der Waals surface area contributed by atoms with Crippen LogP contribution >= 0.6 is 24.8 Å². The molecule has 0 heterocycles. The standard InChI is InChI=1S/2ClH.Mo.H2O.O/h2*1H;;1H2;/q;;+1;;/p-1. The topological polar surface area (TPSA) is 37.3 Å². The fourth-order valence-corrected chi connectivity index (χ4v) is 0. The molecule has 0 aliphatic carbocycles. The Labute approximate surface area is 51.1 Å². The van der Waals surface area contributed by atoms with Crippen molar-refractivity contribution >= 4 is 24.8 Å². The fraction of sp³-hybridized carbons (Fsp3) is 0. The molecule has 0 amide bonds. The van der Waals surface area contributed by atoms with E-state index in [0.717, 1.165) is 0 Å². The third-order valence-electron chi connectivity index (χ3n) is 0. The molecular weight excluding hydrogens is 199 g/mol. The molecular formula is H3Cl2MoO2. The monoisotopic (exact) mass is 203 g/mol. The van der Waals surface area contributed by atoms with Crippen LogP contribution in [0.5, 0.6) is 0 Å². The van der Waals surface area contributed by atoms with E-state index in [-0.39, 0.29) is 24.8 Å². The predicted octanol–water partition coefficient (Wildman–Crippen LogP) is 0.165. The number of rotatable bonds is 0. The van der Waals surface area contributed by atoms with Crippen molar-refractivity contribution in [2.24, 2.45) is 0 Å². The van der Waals surface area contributed by atoms with Gasteiger partial charge in [0, 0.05) is 0 Å². The molecule has 0 aliphatic heterocycles. The zero-order valence-electron chi connectivity index (χ0n) is 2.08. The first-order valence-electron chi connectivity index (χ1n) is 0.349. The van der Waals surface area contributed by atoms with Crippen molar-refractivity contribution < 1.29 is 26.1 Å². The maximum atomic E-state index is 8.62. The van der Waals surface area contributed by atoms with E-state index in [0.29, 0.717) is 0 Å². The third-order valence-corrected chi connectivity index (χ3v) is 0. The van der Waals surface area contributed by atoms with Crippen LogP contribution < -0.4 is 0 Å². The SMILES string of the molecule is Cl.Cl.[O]=[Mo][OH]. The average Bonchev–Trinajstić information content (AvgIpc) is 0.918. The zero-order valence-corrected chi connectivity index (χ0v) is 5.72. The second-order valence-corrected chi connectivity index (χ2v) is 0.441. The van der Waals surface area contributed by atoms with Crippen LogP contribution in [-0.2, 0) is 22.3 Å². The van der Waals surface area contributed by atoms with Gasteiger partial charge in [0.1, 0.15) is 0 Å². The first kappa shape index (κ1) is 16.6. The van der Waals surface area contributed by atoms with Crippen LogP contribution in [0.2, 0.25) is 0 Å². The van der Waals surface area contributed by atoms with Gasteiger partial charge in [0.05, 0.1) is 0 Å². The van der Waals surface area contributed by atoms with Gasteiger partial charge in [-0.2, -0.15) is 0 Å². The van der Waals surface area contributed by atoms with Crippen LogP contribution in [0.3, 0.4) is 0 Å².